The lowest BCUT2D eigenvalue weighted by molar-refractivity contribution is -0.0292. The summed E-state index contributed by atoms with van der Waals surface area (Å²) in [5.41, 5.74) is 2.74. The highest BCUT2D eigenvalue weighted by atomic mass is 32.2. The minimum atomic E-state index is -0.143. The van der Waals surface area contributed by atoms with E-state index >= 15 is 0 Å². The number of benzene rings is 2. The molecule has 1 aliphatic rings. The molecular formula is C23H26N4O2S. The number of hydrogen-bond acceptors (Lipinski definition) is 5. The van der Waals surface area contributed by atoms with Crippen molar-refractivity contribution in [1.82, 2.24) is 19.8 Å². The highest BCUT2D eigenvalue weighted by molar-refractivity contribution is 7.98. The number of morpholine rings is 1. The summed E-state index contributed by atoms with van der Waals surface area (Å²) in [6.45, 7) is 3.73. The molecule has 1 unspecified atom stereocenters. The van der Waals surface area contributed by atoms with E-state index in [0.29, 0.717) is 18.8 Å². The molecule has 1 N–H and O–H groups in total. The lowest BCUT2D eigenvalue weighted by atomic mass is 10.2. The van der Waals surface area contributed by atoms with Crippen molar-refractivity contribution in [3.63, 3.8) is 0 Å². The number of nitrogens with one attached hydrogen (secondary N) is 1. The van der Waals surface area contributed by atoms with E-state index in [0.717, 1.165) is 30.5 Å². The molecule has 3 aromatic rings. The number of ether oxygens (including phenoxy) is 1. The molecule has 2 heterocycles. The number of amides is 1. The largest absolute Gasteiger partial charge is 0.374 e. The van der Waals surface area contributed by atoms with Gasteiger partial charge in [-0.05, 0) is 24.0 Å². The Bertz CT molecular complexity index is 962. The molecule has 0 bridgehead atoms. The Balaban J connectivity index is 1.38. The normalized spacial score (nSPS) is 17.0. The van der Waals surface area contributed by atoms with E-state index < -0.39 is 0 Å². The van der Waals surface area contributed by atoms with E-state index in [2.05, 4.69) is 39.5 Å². The van der Waals surface area contributed by atoms with Gasteiger partial charge in [0.15, 0.2) is 5.16 Å². The molecule has 0 saturated carbocycles. The third kappa shape index (κ3) is 4.92. The lowest BCUT2D eigenvalue weighted by Crippen LogP contribution is -2.47. The molecule has 6 nitrogen and oxygen atoms in total. The zero-order valence-electron chi connectivity index (χ0n) is 17.0. The van der Waals surface area contributed by atoms with E-state index in [1.807, 2.05) is 47.2 Å². The molecule has 0 aliphatic carbocycles. The summed E-state index contributed by atoms with van der Waals surface area (Å²) in [5, 5.41) is 3.83. The lowest BCUT2D eigenvalue weighted by Gasteiger charge is -2.33. The van der Waals surface area contributed by atoms with Crippen molar-refractivity contribution < 1.29 is 9.53 Å². The number of carbonyl (C=O) groups is 1. The zero-order chi connectivity index (χ0) is 20.8. The second-order valence-corrected chi connectivity index (χ2v) is 8.00. The van der Waals surface area contributed by atoms with Gasteiger partial charge in [-0.2, -0.15) is 0 Å². The van der Waals surface area contributed by atoms with Gasteiger partial charge in [-0.15, -0.1) is 0 Å². The summed E-state index contributed by atoms with van der Waals surface area (Å²) in [5.74, 6) is -0.143. The first kappa shape index (κ1) is 20.7. The molecule has 30 heavy (non-hydrogen) atoms. The summed E-state index contributed by atoms with van der Waals surface area (Å²) in [6.07, 6.45) is 3.57. The molecule has 1 aliphatic heterocycles. The fraction of sp³-hybridized carbons (Fsp3) is 0.304. The van der Waals surface area contributed by atoms with Crippen LogP contribution in [0.25, 0.3) is 5.69 Å². The van der Waals surface area contributed by atoms with E-state index in [4.69, 9.17) is 4.74 Å². The summed E-state index contributed by atoms with van der Waals surface area (Å²) in [6, 6.07) is 20.3. The van der Waals surface area contributed by atoms with E-state index in [1.54, 1.807) is 6.20 Å². The van der Waals surface area contributed by atoms with Crippen LogP contribution in [0.4, 0.5) is 0 Å². The van der Waals surface area contributed by atoms with Gasteiger partial charge in [0.2, 0.25) is 0 Å². The van der Waals surface area contributed by atoms with Gasteiger partial charge in [0.05, 0.1) is 18.9 Å². The van der Waals surface area contributed by atoms with Crippen molar-refractivity contribution in [2.45, 2.75) is 17.8 Å². The summed E-state index contributed by atoms with van der Waals surface area (Å²) in [7, 11) is 0. The average Bonchev–Trinajstić information content (AvgIpc) is 3.23. The number of rotatable bonds is 7. The summed E-state index contributed by atoms with van der Waals surface area (Å²) < 4.78 is 7.78. The van der Waals surface area contributed by atoms with Gasteiger partial charge in [0.25, 0.3) is 5.91 Å². The molecule has 0 radical (unpaired) electrons. The Labute approximate surface area is 181 Å². The van der Waals surface area contributed by atoms with Crippen LogP contribution in [0, 0.1) is 0 Å². The van der Waals surface area contributed by atoms with Crippen LogP contribution in [0.3, 0.4) is 0 Å². The minimum absolute atomic E-state index is 0.0282. The van der Waals surface area contributed by atoms with E-state index in [1.165, 1.54) is 17.3 Å². The van der Waals surface area contributed by atoms with Gasteiger partial charge >= 0.3 is 0 Å². The maximum absolute atomic E-state index is 12.9. The van der Waals surface area contributed by atoms with Gasteiger partial charge in [-0.3, -0.25) is 14.3 Å². The van der Waals surface area contributed by atoms with Gasteiger partial charge < -0.3 is 10.1 Å². The topological polar surface area (TPSA) is 59.4 Å². The predicted octanol–water partition coefficient (Wildman–Crippen LogP) is 3.23. The molecule has 0 spiro atoms. The van der Waals surface area contributed by atoms with Gasteiger partial charge in [-0.25, -0.2) is 4.98 Å². The van der Waals surface area contributed by atoms with E-state index in [-0.39, 0.29) is 12.0 Å². The monoisotopic (exact) mass is 422 g/mol. The summed E-state index contributed by atoms with van der Waals surface area (Å²) >= 11 is 1.52. The summed E-state index contributed by atoms with van der Waals surface area (Å²) in [4.78, 5) is 19.7. The van der Waals surface area contributed by atoms with Crippen molar-refractivity contribution in [2.75, 3.05) is 32.5 Å². The van der Waals surface area contributed by atoms with Crippen LogP contribution in [-0.4, -0.2) is 59.0 Å². The first-order valence-electron chi connectivity index (χ1n) is 10.1. The van der Waals surface area contributed by atoms with Gasteiger partial charge in [0, 0.05) is 31.9 Å². The number of thioether (sulfide) groups is 1. The third-order valence-electron chi connectivity index (χ3n) is 5.12. The smallest absolute Gasteiger partial charge is 0.270 e. The standard InChI is InChI=1S/C23H26N4O2S/c1-30-23-25-15-21(27(23)19-10-6-3-7-11-19)22(28)24-14-20-17-26(12-13-29-20)16-18-8-4-2-5-9-18/h2-11,15,20H,12-14,16-17H2,1H3,(H,24,28). The maximum Gasteiger partial charge on any atom is 0.270 e. The third-order valence-corrected chi connectivity index (χ3v) is 5.77. The Hall–Kier alpha value is -2.61. The first-order chi connectivity index (χ1) is 14.7. The molecule has 156 valence electrons. The fourth-order valence-electron chi connectivity index (χ4n) is 3.65. The zero-order valence-corrected chi connectivity index (χ0v) is 17.8. The second kappa shape index (κ2) is 9.93. The number of aromatic nitrogens is 2. The Morgan fingerprint density at radius 1 is 1.17 bits per heavy atom. The maximum atomic E-state index is 12.9. The van der Waals surface area contributed by atoms with Crippen molar-refractivity contribution in [1.29, 1.82) is 0 Å². The molecule has 1 atom stereocenters. The number of hydrogen-bond donors (Lipinski definition) is 1. The SMILES string of the molecule is CSc1ncc(C(=O)NCC2CN(Cc3ccccc3)CCO2)n1-c1ccccc1. The van der Waals surface area contributed by atoms with Crippen molar-refractivity contribution in [3.05, 3.63) is 78.1 Å². The highest BCUT2D eigenvalue weighted by Gasteiger charge is 2.23. The van der Waals surface area contributed by atoms with E-state index in [9.17, 15) is 4.79 Å². The number of imidazole rings is 1. The van der Waals surface area contributed by atoms with Crippen LogP contribution >= 0.6 is 11.8 Å². The van der Waals surface area contributed by atoms with Gasteiger partial charge in [0.1, 0.15) is 5.69 Å². The fourth-order valence-corrected chi connectivity index (χ4v) is 4.20. The van der Waals surface area contributed by atoms with Crippen molar-refractivity contribution in [2.24, 2.45) is 0 Å². The Morgan fingerprint density at radius 3 is 2.63 bits per heavy atom. The minimum Gasteiger partial charge on any atom is -0.374 e. The molecule has 1 saturated heterocycles. The molecule has 4 rings (SSSR count). The molecule has 7 heteroatoms. The van der Waals surface area contributed by atoms with Crippen LogP contribution in [0.2, 0.25) is 0 Å². The second-order valence-electron chi connectivity index (χ2n) is 7.22. The molecular weight excluding hydrogens is 396 g/mol. The van der Waals surface area contributed by atoms with Crippen LogP contribution in [-0.2, 0) is 11.3 Å². The highest BCUT2D eigenvalue weighted by Crippen LogP contribution is 2.21. The van der Waals surface area contributed by atoms with Crippen LogP contribution in [0.1, 0.15) is 16.1 Å². The Kier molecular flexibility index (Phi) is 6.84. The predicted molar refractivity (Wildman–Crippen MR) is 119 cm³/mol. The molecule has 1 aromatic heterocycles. The van der Waals surface area contributed by atoms with Crippen LogP contribution in [0.5, 0.6) is 0 Å². The molecule has 2 aromatic carbocycles. The van der Waals surface area contributed by atoms with Crippen molar-refractivity contribution >= 4 is 17.7 Å². The Morgan fingerprint density at radius 2 is 1.90 bits per heavy atom. The number of para-hydroxylation sites is 1. The quantitative estimate of drug-likeness (QED) is 0.593. The number of nitrogens with zero attached hydrogens (tertiary/aromatic N) is 3. The van der Waals surface area contributed by atoms with Crippen molar-refractivity contribution in [3.8, 4) is 5.69 Å². The molecule has 1 amide bonds. The number of carbonyl (C=O) groups excluding carboxylic acids is 1. The van der Waals surface area contributed by atoms with Crippen LogP contribution in [0.15, 0.2) is 72.0 Å². The van der Waals surface area contributed by atoms with Crippen LogP contribution < -0.4 is 5.32 Å². The molecule has 1 fully saturated rings. The van der Waals surface area contributed by atoms with Gasteiger partial charge in [-0.1, -0.05) is 60.3 Å². The average molecular weight is 423 g/mol. The first-order valence-corrected chi connectivity index (χ1v) is 11.3.